The Hall–Kier alpha value is -1.37. The van der Waals surface area contributed by atoms with E-state index < -0.39 is 17.9 Å². The molecule has 2 N–H and O–H groups in total. The first-order valence-corrected chi connectivity index (χ1v) is 8.04. The van der Waals surface area contributed by atoms with Crippen molar-refractivity contribution in [2.24, 2.45) is 0 Å². The van der Waals surface area contributed by atoms with Crippen LogP contribution in [0.5, 0.6) is 0 Å². The van der Waals surface area contributed by atoms with Gasteiger partial charge in [-0.2, -0.15) is 0 Å². The minimum Gasteiger partial charge on any atom is -0.481 e. The normalized spacial score (nSPS) is 11.9. The Balaban J connectivity index is 2.22. The molecule has 2 aromatic rings. The van der Waals surface area contributed by atoms with E-state index in [0.717, 1.165) is 4.88 Å². The van der Waals surface area contributed by atoms with Gasteiger partial charge in [0.2, 0.25) is 0 Å². The van der Waals surface area contributed by atoms with Crippen molar-refractivity contribution in [1.82, 2.24) is 5.32 Å². The summed E-state index contributed by atoms with van der Waals surface area (Å²) in [5, 5.41) is 13.8. The van der Waals surface area contributed by atoms with E-state index in [-0.39, 0.29) is 6.42 Å². The maximum absolute atomic E-state index is 12.3. The first kappa shape index (κ1) is 16.0. The number of hydrogen-bond donors (Lipinski definition) is 2. The average Bonchev–Trinajstić information content (AvgIpc) is 2.94. The maximum atomic E-state index is 12.3. The first-order valence-electron chi connectivity index (χ1n) is 5.99. The first-order chi connectivity index (χ1) is 9.99. The molecule has 0 aliphatic carbocycles. The molecule has 0 saturated carbocycles. The smallest absolute Gasteiger partial charge is 0.305 e. The summed E-state index contributed by atoms with van der Waals surface area (Å²) in [7, 11) is 0. The average molecular weight is 389 g/mol. The van der Waals surface area contributed by atoms with E-state index in [2.05, 4.69) is 21.2 Å². The third-order valence-corrected chi connectivity index (χ3v) is 5.05. The number of thiophene rings is 1. The molecule has 0 fully saturated rings. The van der Waals surface area contributed by atoms with Gasteiger partial charge in [-0.3, -0.25) is 9.59 Å². The summed E-state index contributed by atoms with van der Waals surface area (Å²) in [6.07, 6.45) is -0.183. The van der Waals surface area contributed by atoms with Crippen LogP contribution in [0.3, 0.4) is 0 Å². The number of halogens is 2. The van der Waals surface area contributed by atoms with Crippen LogP contribution in [0.15, 0.2) is 40.2 Å². The zero-order valence-corrected chi connectivity index (χ0v) is 13.8. The molecule has 0 spiro atoms. The molecule has 21 heavy (non-hydrogen) atoms. The van der Waals surface area contributed by atoms with Crippen molar-refractivity contribution in [1.29, 1.82) is 0 Å². The number of hydrogen-bond acceptors (Lipinski definition) is 3. The summed E-state index contributed by atoms with van der Waals surface area (Å²) in [5.41, 5.74) is 0.304. The number of nitrogens with one attached hydrogen (secondary N) is 1. The van der Waals surface area contributed by atoms with Crippen molar-refractivity contribution in [3.05, 3.63) is 55.6 Å². The van der Waals surface area contributed by atoms with Crippen molar-refractivity contribution >= 4 is 50.7 Å². The summed E-state index contributed by atoms with van der Waals surface area (Å²) in [5.74, 6) is -1.38. The molecule has 4 nitrogen and oxygen atoms in total. The number of carbonyl (C=O) groups excluding carboxylic acids is 1. The van der Waals surface area contributed by atoms with Crippen LogP contribution in [-0.2, 0) is 4.79 Å². The Morgan fingerprint density at radius 2 is 2.10 bits per heavy atom. The second-order valence-electron chi connectivity index (χ2n) is 4.24. The molecule has 0 bridgehead atoms. The standard InChI is InChI=1S/C14H11BrClNO3S/c15-9-4-1-3-8(13(9)16)14(20)17-10(7-12(18)19)11-5-2-6-21-11/h1-6,10H,7H2,(H,17,20)(H,18,19). The van der Waals surface area contributed by atoms with E-state index in [4.69, 9.17) is 16.7 Å². The molecule has 0 aliphatic rings. The minimum atomic E-state index is -0.978. The molecular weight excluding hydrogens is 378 g/mol. The van der Waals surface area contributed by atoms with E-state index >= 15 is 0 Å². The Morgan fingerprint density at radius 1 is 1.33 bits per heavy atom. The lowest BCUT2D eigenvalue weighted by molar-refractivity contribution is -0.137. The van der Waals surface area contributed by atoms with Gasteiger partial charge in [-0.05, 0) is 39.5 Å². The van der Waals surface area contributed by atoms with Gasteiger partial charge in [-0.25, -0.2) is 0 Å². The predicted molar refractivity (Wildman–Crippen MR) is 85.9 cm³/mol. The number of amides is 1. The molecule has 1 heterocycles. The van der Waals surface area contributed by atoms with Crippen molar-refractivity contribution in [3.8, 4) is 0 Å². The SMILES string of the molecule is O=C(O)CC(NC(=O)c1cccc(Br)c1Cl)c1cccs1. The van der Waals surface area contributed by atoms with Crippen molar-refractivity contribution < 1.29 is 14.7 Å². The monoisotopic (exact) mass is 387 g/mol. The number of aliphatic carboxylic acids is 1. The predicted octanol–water partition coefficient (Wildman–Crippen LogP) is 4.11. The highest BCUT2D eigenvalue weighted by molar-refractivity contribution is 9.10. The molecule has 1 amide bonds. The third kappa shape index (κ3) is 4.06. The van der Waals surface area contributed by atoms with Crippen LogP contribution in [0.4, 0.5) is 0 Å². The maximum Gasteiger partial charge on any atom is 0.305 e. The van der Waals surface area contributed by atoms with E-state index in [1.807, 2.05) is 11.4 Å². The lowest BCUT2D eigenvalue weighted by Gasteiger charge is -2.16. The molecule has 7 heteroatoms. The fourth-order valence-electron chi connectivity index (χ4n) is 1.80. The summed E-state index contributed by atoms with van der Waals surface area (Å²) in [6.45, 7) is 0. The summed E-state index contributed by atoms with van der Waals surface area (Å²) in [4.78, 5) is 24.1. The highest BCUT2D eigenvalue weighted by Gasteiger charge is 2.21. The summed E-state index contributed by atoms with van der Waals surface area (Å²) >= 11 is 10.7. The van der Waals surface area contributed by atoms with Crippen LogP contribution in [0.1, 0.15) is 27.7 Å². The molecule has 0 aliphatic heterocycles. The fraction of sp³-hybridized carbons (Fsp3) is 0.143. The van der Waals surface area contributed by atoms with Gasteiger partial charge in [-0.1, -0.05) is 23.7 Å². The molecule has 1 aromatic heterocycles. The van der Waals surface area contributed by atoms with Crippen molar-refractivity contribution in [2.45, 2.75) is 12.5 Å². The Labute approximate surface area is 138 Å². The second-order valence-corrected chi connectivity index (χ2v) is 6.45. The van der Waals surface area contributed by atoms with Gasteiger partial charge >= 0.3 is 5.97 Å². The zero-order chi connectivity index (χ0) is 15.4. The zero-order valence-electron chi connectivity index (χ0n) is 10.7. The van der Waals surface area contributed by atoms with Gasteiger partial charge in [0.1, 0.15) is 0 Å². The number of carbonyl (C=O) groups is 2. The van der Waals surface area contributed by atoms with Crippen LogP contribution in [0.2, 0.25) is 5.02 Å². The minimum absolute atomic E-state index is 0.183. The van der Waals surface area contributed by atoms with Gasteiger partial charge in [-0.15, -0.1) is 11.3 Å². The number of benzene rings is 1. The van der Waals surface area contributed by atoms with Crippen LogP contribution < -0.4 is 5.32 Å². The molecule has 110 valence electrons. The largest absolute Gasteiger partial charge is 0.481 e. The third-order valence-electron chi connectivity index (χ3n) is 2.77. The molecule has 0 saturated heterocycles. The van der Waals surface area contributed by atoms with E-state index in [9.17, 15) is 9.59 Å². The van der Waals surface area contributed by atoms with Crippen LogP contribution >= 0.6 is 38.9 Å². The lowest BCUT2D eigenvalue weighted by Crippen LogP contribution is -2.29. The van der Waals surface area contributed by atoms with Crippen LogP contribution in [-0.4, -0.2) is 17.0 Å². The molecule has 0 radical (unpaired) electrons. The van der Waals surface area contributed by atoms with Crippen LogP contribution in [0.25, 0.3) is 0 Å². The summed E-state index contributed by atoms with van der Waals surface area (Å²) < 4.78 is 0.614. The number of rotatable bonds is 5. The molecule has 1 atom stereocenters. The Bertz CT molecular complexity index is 660. The van der Waals surface area contributed by atoms with E-state index in [0.29, 0.717) is 15.1 Å². The van der Waals surface area contributed by atoms with Gasteiger partial charge in [0.25, 0.3) is 5.91 Å². The molecule has 2 rings (SSSR count). The van der Waals surface area contributed by atoms with E-state index in [1.54, 1.807) is 24.3 Å². The molecule has 1 aromatic carbocycles. The Morgan fingerprint density at radius 3 is 2.71 bits per heavy atom. The van der Waals surface area contributed by atoms with Gasteiger partial charge < -0.3 is 10.4 Å². The van der Waals surface area contributed by atoms with Crippen LogP contribution in [0, 0.1) is 0 Å². The van der Waals surface area contributed by atoms with Crippen molar-refractivity contribution in [2.75, 3.05) is 0 Å². The molecule has 1 unspecified atom stereocenters. The molecular formula is C14H11BrClNO3S. The van der Waals surface area contributed by atoms with E-state index in [1.165, 1.54) is 11.3 Å². The quantitative estimate of drug-likeness (QED) is 0.810. The van der Waals surface area contributed by atoms with Gasteiger partial charge in [0, 0.05) is 9.35 Å². The lowest BCUT2D eigenvalue weighted by atomic mass is 10.1. The Kier molecular flexibility index (Phi) is 5.39. The van der Waals surface area contributed by atoms with Crippen molar-refractivity contribution in [3.63, 3.8) is 0 Å². The second kappa shape index (κ2) is 7.06. The highest BCUT2D eigenvalue weighted by atomic mass is 79.9. The number of carboxylic acid groups (broad SMARTS) is 1. The summed E-state index contributed by atoms with van der Waals surface area (Å²) in [6, 6.07) is 8.04. The topological polar surface area (TPSA) is 66.4 Å². The fourth-order valence-corrected chi connectivity index (χ4v) is 3.16. The number of carboxylic acids is 1. The highest BCUT2D eigenvalue weighted by Crippen LogP contribution is 2.27. The van der Waals surface area contributed by atoms with Gasteiger partial charge in [0.15, 0.2) is 0 Å². The van der Waals surface area contributed by atoms with Gasteiger partial charge in [0.05, 0.1) is 23.0 Å².